The second kappa shape index (κ2) is 7.99. The van der Waals surface area contributed by atoms with E-state index in [4.69, 9.17) is 18.9 Å². The van der Waals surface area contributed by atoms with Gasteiger partial charge in [0.15, 0.2) is 0 Å². The van der Waals surface area contributed by atoms with Gasteiger partial charge in [0.25, 0.3) is 0 Å². The molecule has 0 amide bonds. The van der Waals surface area contributed by atoms with Crippen molar-refractivity contribution in [2.24, 2.45) is 0 Å². The number of hydrogen-bond donors (Lipinski definition) is 0. The van der Waals surface area contributed by atoms with Crippen LogP contribution in [0.25, 0.3) is 21.5 Å². The summed E-state index contributed by atoms with van der Waals surface area (Å²) < 4.78 is 22.3. The largest absolute Gasteiger partial charge is 0.490 e. The average molecular weight is 326 g/mol. The summed E-state index contributed by atoms with van der Waals surface area (Å²) in [5.41, 5.74) is 0. The lowest BCUT2D eigenvalue weighted by Gasteiger charge is -2.17. The van der Waals surface area contributed by atoms with Crippen LogP contribution in [0.1, 0.15) is 0 Å². The highest BCUT2D eigenvalue weighted by molar-refractivity contribution is 6.11. The maximum absolute atomic E-state index is 6.05. The first-order valence-electron chi connectivity index (χ1n) is 8.03. The van der Waals surface area contributed by atoms with Crippen LogP contribution in [0, 0.1) is 0 Å². The smallest absolute Gasteiger partial charge is 0.135 e. The van der Waals surface area contributed by atoms with Gasteiger partial charge in [0.2, 0.25) is 0 Å². The Balaban J connectivity index is 2.17. The maximum atomic E-state index is 6.05. The van der Waals surface area contributed by atoms with Gasteiger partial charge in [-0.2, -0.15) is 0 Å². The summed E-state index contributed by atoms with van der Waals surface area (Å²) in [7, 11) is 3.35. The lowest BCUT2D eigenvalue weighted by atomic mass is 10.0. The Morgan fingerprint density at radius 1 is 0.542 bits per heavy atom. The fourth-order valence-corrected chi connectivity index (χ4v) is 2.81. The van der Waals surface area contributed by atoms with Crippen LogP contribution in [0.5, 0.6) is 11.5 Å². The van der Waals surface area contributed by atoms with E-state index in [2.05, 4.69) is 24.3 Å². The van der Waals surface area contributed by atoms with Gasteiger partial charge in [-0.3, -0.25) is 0 Å². The zero-order valence-corrected chi connectivity index (χ0v) is 14.1. The lowest BCUT2D eigenvalue weighted by Crippen LogP contribution is -2.07. The Morgan fingerprint density at radius 2 is 0.875 bits per heavy atom. The molecule has 0 aliphatic heterocycles. The molecule has 3 aromatic rings. The van der Waals surface area contributed by atoms with Gasteiger partial charge in [0.05, 0.1) is 13.2 Å². The van der Waals surface area contributed by atoms with Gasteiger partial charge in [0.1, 0.15) is 24.7 Å². The van der Waals surface area contributed by atoms with Crippen molar-refractivity contribution in [3.8, 4) is 11.5 Å². The zero-order chi connectivity index (χ0) is 16.8. The van der Waals surface area contributed by atoms with Crippen molar-refractivity contribution in [1.29, 1.82) is 0 Å². The first-order valence-corrected chi connectivity index (χ1v) is 8.03. The number of methoxy groups -OCH3 is 2. The fourth-order valence-electron chi connectivity index (χ4n) is 2.81. The fraction of sp³-hybridized carbons (Fsp3) is 0.300. The molecule has 0 bridgehead atoms. The van der Waals surface area contributed by atoms with Gasteiger partial charge in [-0.15, -0.1) is 0 Å². The Hall–Kier alpha value is -2.30. The third-order valence-corrected chi connectivity index (χ3v) is 3.90. The van der Waals surface area contributed by atoms with Crippen molar-refractivity contribution in [2.75, 3.05) is 40.6 Å². The summed E-state index contributed by atoms with van der Waals surface area (Å²) >= 11 is 0. The third kappa shape index (κ3) is 3.30. The molecular formula is C20H22O4. The van der Waals surface area contributed by atoms with E-state index in [1.54, 1.807) is 14.2 Å². The highest BCUT2D eigenvalue weighted by atomic mass is 16.5. The van der Waals surface area contributed by atoms with Crippen molar-refractivity contribution < 1.29 is 18.9 Å². The zero-order valence-electron chi connectivity index (χ0n) is 14.1. The SMILES string of the molecule is COCCOc1c2ccccc2c(OCCOC)c2ccccc12. The van der Waals surface area contributed by atoms with E-state index in [1.807, 2.05) is 24.3 Å². The molecule has 0 aliphatic rings. The molecule has 0 spiro atoms. The van der Waals surface area contributed by atoms with Gasteiger partial charge in [0, 0.05) is 35.8 Å². The summed E-state index contributed by atoms with van der Waals surface area (Å²) in [6.07, 6.45) is 0. The van der Waals surface area contributed by atoms with Gasteiger partial charge < -0.3 is 18.9 Å². The molecule has 0 saturated carbocycles. The molecule has 3 rings (SSSR count). The highest BCUT2D eigenvalue weighted by Gasteiger charge is 2.15. The number of ether oxygens (including phenoxy) is 4. The Bertz CT molecular complexity index is 688. The number of rotatable bonds is 8. The first kappa shape index (κ1) is 16.6. The minimum absolute atomic E-state index is 0.508. The van der Waals surface area contributed by atoms with E-state index in [-0.39, 0.29) is 0 Å². The summed E-state index contributed by atoms with van der Waals surface area (Å²) in [6, 6.07) is 16.3. The molecule has 24 heavy (non-hydrogen) atoms. The Labute approximate surface area is 141 Å². The molecule has 0 heterocycles. The van der Waals surface area contributed by atoms with Crippen molar-refractivity contribution >= 4 is 21.5 Å². The Kier molecular flexibility index (Phi) is 5.51. The molecule has 126 valence electrons. The minimum Gasteiger partial charge on any atom is -0.490 e. The second-order valence-corrected chi connectivity index (χ2v) is 5.43. The maximum Gasteiger partial charge on any atom is 0.135 e. The van der Waals surface area contributed by atoms with E-state index < -0.39 is 0 Å². The van der Waals surface area contributed by atoms with Gasteiger partial charge in [-0.05, 0) is 0 Å². The molecule has 0 radical (unpaired) electrons. The first-order chi connectivity index (χ1) is 11.9. The molecule has 0 unspecified atom stereocenters. The number of benzene rings is 3. The van der Waals surface area contributed by atoms with Crippen molar-refractivity contribution in [3.05, 3.63) is 48.5 Å². The average Bonchev–Trinajstić information content (AvgIpc) is 2.63. The van der Waals surface area contributed by atoms with E-state index in [1.165, 1.54) is 0 Å². The van der Waals surface area contributed by atoms with E-state index in [9.17, 15) is 0 Å². The van der Waals surface area contributed by atoms with Crippen LogP contribution >= 0.6 is 0 Å². The van der Waals surface area contributed by atoms with E-state index >= 15 is 0 Å². The molecular weight excluding hydrogens is 304 g/mol. The number of fused-ring (bicyclic) bond motifs is 2. The summed E-state index contributed by atoms with van der Waals surface area (Å²) in [5.74, 6) is 1.75. The summed E-state index contributed by atoms with van der Waals surface area (Å²) in [5, 5.41) is 4.17. The normalized spacial score (nSPS) is 11.1. The van der Waals surface area contributed by atoms with Gasteiger partial charge >= 0.3 is 0 Å². The molecule has 0 N–H and O–H groups in total. The van der Waals surface area contributed by atoms with Crippen LogP contribution in [0.3, 0.4) is 0 Å². The van der Waals surface area contributed by atoms with Crippen LogP contribution < -0.4 is 9.47 Å². The standard InChI is InChI=1S/C20H22O4/c1-21-11-13-23-19-15-7-3-5-9-17(15)20(24-14-12-22-2)18-10-6-4-8-16(18)19/h3-10H,11-14H2,1-2H3. The molecule has 4 heteroatoms. The predicted molar refractivity (Wildman–Crippen MR) is 96.2 cm³/mol. The molecule has 3 aromatic carbocycles. The predicted octanol–water partition coefficient (Wildman–Crippen LogP) is 4.04. The Morgan fingerprint density at radius 3 is 1.17 bits per heavy atom. The lowest BCUT2D eigenvalue weighted by molar-refractivity contribution is 0.147. The van der Waals surface area contributed by atoms with Crippen LogP contribution in [-0.2, 0) is 9.47 Å². The minimum atomic E-state index is 0.508. The topological polar surface area (TPSA) is 36.9 Å². The molecule has 0 fully saturated rings. The third-order valence-electron chi connectivity index (χ3n) is 3.90. The highest BCUT2D eigenvalue weighted by Crippen LogP contribution is 2.42. The van der Waals surface area contributed by atoms with Crippen molar-refractivity contribution in [2.45, 2.75) is 0 Å². The van der Waals surface area contributed by atoms with Crippen LogP contribution in [0.15, 0.2) is 48.5 Å². The quantitative estimate of drug-likeness (QED) is 0.462. The van der Waals surface area contributed by atoms with Crippen LogP contribution in [0.2, 0.25) is 0 Å². The molecule has 4 nitrogen and oxygen atoms in total. The number of hydrogen-bond acceptors (Lipinski definition) is 4. The molecule has 0 atom stereocenters. The van der Waals surface area contributed by atoms with Crippen molar-refractivity contribution in [3.63, 3.8) is 0 Å². The second-order valence-electron chi connectivity index (χ2n) is 5.43. The molecule has 0 aromatic heterocycles. The monoisotopic (exact) mass is 326 g/mol. The van der Waals surface area contributed by atoms with Crippen molar-refractivity contribution in [1.82, 2.24) is 0 Å². The van der Waals surface area contributed by atoms with Crippen LogP contribution in [0.4, 0.5) is 0 Å². The molecule has 0 saturated heterocycles. The van der Waals surface area contributed by atoms with Gasteiger partial charge in [-0.25, -0.2) is 0 Å². The summed E-state index contributed by atoms with van der Waals surface area (Å²) in [6.45, 7) is 2.12. The molecule has 0 aliphatic carbocycles. The van der Waals surface area contributed by atoms with E-state index in [0.717, 1.165) is 33.0 Å². The van der Waals surface area contributed by atoms with Crippen LogP contribution in [-0.4, -0.2) is 40.6 Å². The summed E-state index contributed by atoms with van der Waals surface area (Å²) in [4.78, 5) is 0. The van der Waals surface area contributed by atoms with E-state index in [0.29, 0.717) is 26.4 Å². The van der Waals surface area contributed by atoms with Gasteiger partial charge in [-0.1, -0.05) is 48.5 Å².